The number of thioether (sulfide) groups is 1. The lowest BCUT2D eigenvalue weighted by Crippen LogP contribution is -2.26. The van der Waals surface area contributed by atoms with E-state index in [1.165, 1.54) is 4.88 Å². The molecule has 0 aliphatic heterocycles. The van der Waals surface area contributed by atoms with Crippen LogP contribution in [0.15, 0.2) is 46.7 Å². The number of carbonyl (C=O) groups is 1. The zero-order chi connectivity index (χ0) is 14.5. The van der Waals surface area contributed by atoms with Crippen molar-refractivity contribution in [3.8, 4) is 0 Å². The second kappa shape index (κ2) is 6.95. The van der Waals surface area contributed by atoms with Crippen molar-refractivity contribution in [3.63, 3.8) is 0 Å². The lowest BCUT2D eigenvalue weighted by Gasteiger charge is -2.15. The Morgan fingerprint density at radius 1 is 1.15 bits per heavy atom. The van der Waals surface area contributed by atoms with Crippen LogP contribution in [0.4, 0.5) is 0 Å². The minimum absolute atomic E-state index is 0.00495. The molecule has 1 unspecified atom stereocenters. The van der Waals surface area contributed by atoms with Crippen molar-refractivity contribution in [1.82, 2.24) is 5.32 Å². The molecule has 0 aliphatic carbocycles. The fourth-order valence-corrected chi connectivity index (χ4v) is 3.58. The number of thiophene rings is 1. The average molecular weight is 305 g/mol. The third-order valence-electron chi connectivity index (χ3n) is 2.81. The molecule has 1 N–H and O–H groups in total. The van der Waals surface area contributed by atoms with Crippen LogP contribution in [0.25, 0.3) is 0 Å². The van der Waals surface area contributed by atoms with Crippen molar-refractivity contribution in [3.05, 3.63) is 52.2 Å². The summed E-state index contributed by atoms with van der Waals surface area (Å²) in [6, 6.07) is 11.9. The van der Waals surface area contributed by atoms with Gasteiger partial charge in [0, 0.05) is 15.0 Å². The summed E-state index contributed by atoms with van der Waals surface area (Å²) in [6.07, 6.45) is 0. The molecule has 2 nitrogen and oxygen atoms in total. The molecule has 2 rings (SSSR count). The van der Waals surface area contributed by atoms with E-state index in [0.29, 0.717) is 5.25 Å². The SMILES string of the molecule is CC(C)Sc1ccccc1C(=O)NC(C)c1cccs1. The van der Waals surface area contributed by atoms with E-state index in [4.69, 9.17) is 0 Å². The van der Waals surface area contributed by atoms with Crippen LogP contribution >= 0.6 is 23.1 Å². The van der Waals surface area contributed by atoms with Crippen molar-refractivity contribution < 1.29 is 4.79 Å². The van der Waals surface area contributed by atoms with Crippen molar-refractivity contribution in [1.29, 1.82) is 0 Å². The molecule has 0 aliphatic rings. The Morgan fingerprint density at radius 3 is 2.55 bits per heavy atom. The van der Waals surface area contributed by atoms with Gasteiger partial charge in [0.15, 0.2) is 0 Å². The van der Waals surface area contributed by atoms with Gasteiger partial charge in [0.05, 0.1) is 11.6 Å². The van der Waals surface area contributed by atoms with Gasteiger partial charge in [-0.1, -0.05) is 32.0 Å². The number of carbonyl (C=O) groups excluding carboxylic acids is 1. The van der Waals surface area contributed by atoms with Gasteiger partial charge < -0.3 is 5.32 Å². The van der Waals surface area contributed by atoms with E-state index in [2.05, 4.69) is 19.2 Å². The zero-order valence-corrected chi connectivity index (χ0v) is 13.6. The highest BCUT2D eigenvalue weighted by molar-refractivity contribution is 8.00. The molecule has 1 atom stereocenters. The molecule has 1 amide bonds. The smallest absolute Gasteiger partial charge is 0.252 e. The first-order valence-corrected chi connectivity index (χ1v) is 8.44. The molecule has 1 aromatic heterocycles. The molecular formula is C16H19NOS2. The summed E-state index contributed by atoms with van der Waals surface area (Å²) in [5, 5.41) is 5.56. The summed E-state index contributed by atoms with van der Waals surface area (Å²) >= 11 is 3.38. The van der Waals surface area contributed by atoms with Gasteiger partial charge in [-0.05, 0) is 30.5 Å². The molecule has 1 aromatic carbocycles. The van der Waals surface area contributed by atoms with Crippen LogP contribution in [0, 0.1) is 0 Å². The van der Waals surface area contributed by atoms with Gasteiger partial charge in [-0.25, -0.2) is 0 Å². The van der Waals surface area contributed by atoms with Crippen LogP contribution in [-0.4, -0.2) is 11.2 Å². The molecule has 0 fully saturated rings. The van der Waals surface area contributed by atoms with E-state index in [0.717, 1.165) is 10.5 Å². The highest BCUT2D eigenvalue weighted by Gasteiger charge is 2.15. The Balaban J connectivity index is 2.13. The predicted octanol–water partition coefficient (Wildman–Crippen LogP) is 4.74. The summed E-state index contributed by atoms with van der Waals surface area (Å²) in [5.74, 6) is -0.00495. The van der Waals surface area contributed by atoms with Crippen LogP contribution in [0.1, 0.15) is 42.0 Å². The van der Waals surface area contributed by atoms with Crippen LogP contribution in [0.2, 0.25) is 0 Å². The normalized spacial score (nSPS) is 12.4. The number of hydrogen-bond acceptors (Lipinski definition) is 3. The molecule has 1 heterocycles. The van der Waals surface area contributed by atoms with Crippen LogP contribution in [-0.2, 0) is 0 Å². The Labute approximate surface area is 128 Å². The monoisotopic (exact) mass is 305 g/mol. The quantitative estimate of drug-likeness (QED) is 0.808. The first-order valence-electron chi connectivity index (χ1n) is 6.68. The molecule has 0 saturated carbocycles. The van der Waals surface area contributed by atoms with Gasteiger partial charge in [-0.2, -0.15) is 0 Å². The highest BCUT2D eigenvalue weighted by Crippen LogP contribution is 2.27. The fourth-order valence-electron chi connectivity index (χ4n) is 1.89. The van der Waals surface area contributed by atoms with Crippen LogP contribution in [0.3, 0.4) is 0 Å². The minimum Gasteiger partial charge on any atom is -0.345 e. The number of hydrogen-bond donors (Lipinski definition) is 1. The van der Waals surface area contributed by atoms with Gasteiger partial charge >= 0.3 is 0 Å². The standard InChI is InChI=1S/C16H19NOS2/c1-11(2)20-15-8-5-4-7-13(15)16(18)17-12(3)14-9-6-10-19-14/h4-12H,1-3H3,(H,17,18). The van der Waals surface area contributed by atoms with Gasteiger partial charge in [0.25, 0.3) is 5.91 Å². The molecule has 20 heavy (non-hydrogen) atoms. The highest BCUT2D eigenvalue weighted by atomic mass is 32.2. The maximum Gasteiger partial charge on any atom is 0.252 e. The van der Waals surface area contributed by atoms with E-state index in [9.17, 15) is 4.79 Å². The Kier molecular flexibility index (Phi) is 5.26. The van der Waals surface area contributed by atoms with E-state index in [-0.39, 0.29) is 11.9 Å². The second-order valence-corrected chi connectivity index (χ2v) is 7.47. The zero-order valence-electron chi connectivity index (χ0n) is 11.9. The van der Waals surface area contributed by atoms with Gasteiger partial charge in [0.2, 0.25) is 0 Å². The number of nitrogens with one attached hydrogen (secondary N) is 1. The third kappa shape index (κ3) is 3.87. The molecule has 0 radical (unpaired) electrons. The lowest BCUT2D eigenvalue weighted by atomic mass is 10.2. The summed E-state index contributed by atoms with van der Waals surface area (Å²) in [6.45, 7) is 6.28. The molecule has 0 spiro atoms. The third-order valence-corrected chi connectivity index (χ3v) is 4.95. The largest absolute Gasteiger partial charge is 0.345 e. The predicted molar refractivity (Wildman–Crippen MR) is 87.6 cm³/mol. The maximum absolute atomic E-state index is 12.4. The minimum atomic E-state index is -0.00495. The Bertz CT molecular complexity index is 564. The first kappa shape index (κ1) is 15.1. The number of benzene rings is 1. The van der Waals surface area contributed by atoms with E-state index >= 15 is 0 Å². The van der Waals surface area contributed by atoms with Gasteiger partial charge in [-0.3, -0.25) is 4.79 Å². The van der Waals surface area contributed by atoms with Crippen molar-refractivity contribution in [2.24, 2.45) is 0 Å². The maximum atomic E-state index is 12.4. The van der Waals surface area contributed by atoms with Crippen molar-refractivity contribution in [2.45, 2.75) is 37.0 Å². The molecule has 0 bridgehead atoms. The second-order valence-electron chi connectivity index (χ2n) is 4.87. The van der Waals surface area contributed by atoms with E-state index in [1.807, 2.05) is 48.7 Å². The molecular weight excluding hydrogens is 286 g/mol. The topological polar surface area (TPSA) is 29.1 Å². The fraction of sp³-hybridized carbons (Fsp3) is 0.312. The Morgan fingerprint density at radius 2 is 1.90 bits per heavy atom. The molecule has 2 aromatic rings. The average Bonchev–Trinajstić information content (AvgIpc) is 2.92. The van der Waals surface area contributed by atoms with Gasteiger partial charge in [-0.15, -0.1) is 23.1 Å². The van der Waals surface area contributed by atoms with Crippen LogP contribution < -0.4 is 5.32 Å². The Hall–Kier alpha value is -1.26. The summed E-state index contributed by atoms with van der Waals surface area (Å²) in [4.78, 5) is 14.6. The summed E-state index contributed by atoms with van der Waals surface area (Å²) in [5.41, 5.74) is 0.759. The van der Waals surface area contributed by atoms with Gasteiger partial charge in [0.1, 0.15) is 0 Å². The lowest BCUT2D eigenvalue weighted by molar-refractivity contribution is 0.0937. The summed E-state index contributed by atoms with van der Waals surface area (Å²) < 4.78 is 0. The van der Waals surface area contributed by atoms with Crippen LogP contribution in [0.5, 0.6) is 0 Å². The van der Waals surface area contributed by atoms with E-state index < -0.39 is 0 Å². The number of amides is 1. The van der Waals surface area contributed by atoms with E-state index in [1.54, 1.807) is 23.1 Å². The first-order chi connectivity index (χ1) is 9.58. The molecule has 106 valence electrons. The van der Waals surface area contributed by atoms with Crippen molar-refractivity contribution in [2.75, 3.05) is 0 Å². The molecule has 0 saturated heterocycles. The summed E-state index contributed by atoms with van der Waals surface area (Å²) in [7, 11) is 0. The number of rotatable bonds is 5. The van der Waals surface area contributed by atoms with Crippen molar-refractivity contribution >= 4 is 29.0 Å². The molecule has 4 heteroatoms.